The monoisotopic (exact) mass is 235 g/mol. The Balaban J connectivity index is 2.65. The Kier molecular flexibility index (Phi) is 6.90. The molecular formula is C15H25NO. The number of ether oxygens (including phenoxy) is 1. The average molecular weight is 235 g/mol. The molecule has 0 aliphatic rings. The summed E-state index contributed by atoms with van der Waals surface area (Å²) in [5.41, 5.74) is 1.31. The molecule has 96 valence electrons. The van der Waals surface area contributed by atoms with Gasteiger partial charge in [0.2, 0.25) is 0 Å². The van der Waals surface area contributed by atoms with Gasteiger partial charge in [0.1, 0.15) is 0 Å². The SMILES string of the molecule is CCCC(CC)NC(COC)c1ccccc1. The molecule has 0 saturated carbocycles. The molecule has 0 fully saturated rings. The first-order valence-corrected chi connectivity index (χ1v) is 6.61. The molecule has 1 rings (SSSR count). The zero-order valence-corrected chi connectivity index (χ0v) is 11.3. The molecule has 2 atom stereocenters. The Bertz CT molecular complexity index is 286. The van der Waals surface area contributed by atoms with Crippen LogP contribution in [0.15, 0.2) is 30.3 Å². The van der Waals surface area contributed by atoms with E-state index in [-0.39, 0.29) is 0 Å². The smallest absolute Gasteiger partial charge is 0.0657 e. The molecule has 0 aliphatic carbocycles. The Labute approximate surface area is 105 Å². The first kappa shape index (κ1) is 14.2. The summed E-state index contributed by atoms with van der Waals surface area (Å²) in [5, 5.41) is 3.70. The second kappa shape index (κ2) is 8.26. The summed E-state index contributed by atoms with van der Waals surface area (Å²) in [6.45, 7) is 5.20. The average Bonchev–Trinajstić information content (AvgIpc) is 2.38. The third kappa shape index (κ3) is 4.88. The van der Waals surface area contributed by atoms with E-state index in [1.165, 1.54) is 24.8 Å². The number of benzene rings is 1. The summed E-state index contributed by atoms with van der Waals surface area (Å²) < 4.78 is 5.32. The van der Waals surface area contributed by atoms with Crippen LogP contribution in [0.4, 0.5) is 0 Å². The number of hydrogen-bond acceptors (Lipinski definition) is 2. The van der Waals surface area contributed by atoms with Crippen LogP contribution in [-0.4, -0.2) is 19.8 Å². The molecule has 0 heterocycles. The Morgan fingerprint density at radius 1 is 1.18 bits per heavy atom. The van der Waals surface area contributed by atoms with Crippen molar-refractivity contribution in [2.45, 2.75) is 45.2 Å². The lowest BCUT2D eigenvalue weighted by atomic mass is 10.0. The van der Waals surface area contributed by atoms with Gasteiger partial charge in [-0.15, -0.1) is 0 Å². The zero-order chi connectivity index (χ0) is 12.5. The summed E-state index contributed by atoms with van der Waals surface area (Å²) >= 11 is 0. The number of hydrogen-bond donors (Lipinski definition) is 1. The van der Waals surface area contributed by atoms with E-state index in [4.69, 9.17) is 4.74 Å². The quantitative estimate of drug-likeness (QED) is 0.744. The van der Waals surface area contributed by atoms with Crippen LogP contribution in [-0.2, 0) is 4.74 Å². The summed E-state index contributed by atoms with van der Waals surface area (Å²) in [5.74, 6) is 0. The minimum absolute atomic E-state index is 0.303. The molecule has 0 radical (unpaired) electrons. The van der Waals surface area contributed by atoms with E-state index in [1.807, 2.05) is 0 Å². The minimum Gasteiger partial charge on any atom is -0.383 e. The van der Waals surface area contributed by atoms with E-state index in [1.54, 1.807) is 7.11 Å². The van der Waals surface area contributed by atoms with Crippen LogP contribution in [0.1, 0.15) is 44.7 Å². The van der Waals surface area contributed by atoms with Gasteiger partial charge in [-0.3, -0.25) is 0 Å². The van der Waals surface area contributed by atoms with Crippen molar-refractivity contribution < 1.29 is 4.74 Å². The van der Waals surface area contributed by atoms with Gasteiger partial charge >= 0.3 is 0 Å². The molecule has 2 unspecified atom stereocenters. The first-order valence-electron chi connectivity index (χ1n) is 6.61. The lowest BCUT2D eigenvalue weighted by molar-refractivity contribution is 0.159. The summed E-state index contributed by atoms with van der Waals surface area (Å²) in [7, 11) is 1.76. The van der Waals surface area contributed by atoms with E-state index in [0.717, 1.165) is 6.61 Å². The van der Waals surface area contributed by atoms with E-state index < -0.39 is 0 Å². The summed E-state index contributed by atoms with van der Waals surface area (Å²) in [6.07, 6.45) is 3.62. The maximum atomic E-state index is 5.32. The van der Waals surface area contributed by atoms with Crippen LogP contribution in [0.3, 0.4) is 0 Å². The van der Waals surface area contributed by atoms with Gasteiger partial charge in [0, 0.05) is 13.2 Å². The second-order valence-electron chi connectivity index (χ2n) is 4.48. The standard InChI is InChI=1S/C15H25NO/c1-4-9-14(5-2)16-15(12-17-3)13-10-7-6-8-11-13/h6-8,10-11,14-16H,4-5,9,12H2,1-3H3. The van der Waals surface area contributed by atoms with Gasteiger partial charge in [-0.1, -0.05) is 50.6 Å². The lowest BCUT2D eigenvalue weighted by Crippen LogP contribution is -2.34. The molecular weight excluding hydrogens is 210 g/mol. The van der Waals surface area contributed by atoms with Gasteiger partial charge in [0.15, 0.2) is 0 Å². The zero-order valence-electron chi connectivity index (χ0n) is 11.3. The second-order valence-corrected chi connectivity index (χ2v) is 4.48. The summed E-state index contributed by atoms with van der Waals surface area (Å²) in [6, 6.07) is 11.4. The topological polar surface area (TPSA) is 21.3 Å². The highest BCUT2D eigenvalue weighted by Crippen LogP contribution is 2.15. The Morgan fingerprint density at radius 2 is 1.88 bits per heavy atom. The molecule has 2 nitrogen and oxygen atoms in total. The van der Waals surface area contributed by atoms with Crippen LogP contribution in [0, 0.1) is 0 Å². The van der Waals surface area contributed by atoms with E-state index in [2.05, 4.69) is 49.5 Å². The third-order valence-corrected chi connectivity index (χ3v) is 3.10. The maximum absolute atomic E-state index is 5.32. The molecule has 1 N–H and O–H groups in total. The number of methoxy groups -OCH3 is 1. The molecule has 0 aliphatic heterocycles. The van der Waals surface area contributed by atoms with Crippen LogP contribution < -0.4 is 5.32 Å². The Morgan fingerprint density at radius 3 is 2.41 bits per heavy atom. The van der Waals surface area contributed by atoms with Crippen LogP contribution in [0.25, 0.3) is 0 Å². The van der Waals surface area contributed by atoms with Crippen LogP contribution >= 0.6 is 0 Å². The predicted molar refractivity (Wildman–Crippen MR) is 73.2 cm³/mol. The van der Waals surface area contributed by atoms with Gasteiger partial charge in [0.25, 0.3) is 0 Å². The lowest BCUT2D eigenvalue weighted by Gasteiger charge is -2.24. The van der Waals surface area contributed by atoms with Crippen LogP contribution in [0.5, 0.6) is 0 Å². The number of nitrogens with one attached hydrogen (secondary N) is 1. The third-order valence-electron chi connectivity index (χ3n) is 3.10. The predicted octanol–water partition coefficient (Wildman–Crippen LogP) is 3.54. The molecule has 0 aromatic heterocycles. The van der Waals surface area contributed by atoms with Crippen molar-refractivity contribution in [3.63, 3.8) is 0 Å². The van der Waals surface area contributed by atoms with Crippen molar-refractivity contribution in [1.82, 2.24) is 5.32 Å². The van der Waals surface area contributed by atoms with E-state index in [9.17, 15) is 0 Å². The van der Waals surface area contributed by atoms with Gasteiger partial charge in [0.05, 0.1) is 12.6 Å². The van der Waals surface area contributed by atoms with E-state index >= 15 is 0 Å². The van der Waals surface area contributed by atoms with Gasteiger partial charge in [-0.2, -0.15) is 0 Å². The first-order chi connectivity index (χ1) is 8.31. The van der Waals surface area contributed by atoms with Crippen LogP contribution in [0.2, 0.25) is 0 Å². The fraction of sp³-hybridized carbons (Fsp3) is 0.600. The molecule has 1 aromatic carbocycles. The van der Waals surface area contributed by atoms with Crippen molar-refractivity contribution in [3.05, 3.63) is 35.9 Å². The van der Waals surface area contributed by atoms with Gasteiger partial charge < -0.3 is 10.1 Å². The van der Waals surface area contributed by atoms with Crippen molar-refractivity contribution in [2.24, 2.45) is 0 Å². The molecule has 0 bridgehead atoms. The minimum atomic E-state index is 0.303. The molecule has 0 saturated heterocycles. The fourth-order valence-corrected chi connectivity index (χ4v) is 2.13. The molecule has 1 aromatic rings. The molecule has 0 amide bonds. The summed E-state index contributed by atoms with van der Waals surface area (Å²) in [4.78, 5) is 0. The molecule has 0 spiro atoms. The molecule has 2 heteroatoms. The van der Waals surface area contributed by atoms with Gasteiger partial charge in [-0.25, -0.2) is 0 Å². The van der Waals surface area contributed by atoms with Crippen molar-refractivity contribution in [1.29, 1.82) is 0 Å². The Hall–Kier alpha value is -0.860. The maximum Gasteiger partial charge on any atom is 0.0657 e. The fourth-order valence-electron chi connectivity index (χ4n) is 2.13. The van der Waals surface area contributed by atoms with Crippen molar-refractivity contribution in [3.8, 4) is 0 Å². The highest BCUT2D eigenvalue weighted by Gasteiger charge is 2.14. The normalized spacial score (nSPS) is 14.5. The van der Waals surface area contributed by atoms with Gasteiger partial charge in [-0.05, 0) is 18.4 Å². The number of rotatable bonds is 8. The van der Waals surface area contributed by atoms with Crippen molar-refractivity contribution in [2.75, 3.05) is 13.7 Å². The largest absolute Gasteiger partial charge is 0.383 e. The highest BCUT2D eigenvalue weighted by atomic mass is 16.5. The highest BCUT2D eigenvalue weighted by molar-refractivity contribution is 5.19. The van der Waals surface area contributed by atoms with E-state index in [0.29, 0.717) is 12.1 Å². The molecule has 17 heavy (non-hydrogen) atoms. The van der Waals surface area contributed by atoms with Crippen molar-refractivity contribution >= 4 is 0 Å².